The van der Waals surface area contributed by atoms with Gasteiger partial charge in [0, 0.05) is 31.9 Å². The molecule has 0 saturated carbocycles. The van der Waals surface area contributed by atoms with Gasteiger partial charge in [0.1, 0.15) is 0 Å². The van der Waals surface area contributed by atoms with Gasteiger partial charge < -0.3 is 10.1 Å². The maximum atomic E-state index is 5.89. The fourth-order valence-electron chi connectivity index (χ4n) is 3.52. The second kappa shape index (κ2) is 4.25. The van der Waals surface area contributed by atoms with Gasteiger partial charge in [0.2, 0.25) is 0 Å². The molecule has 3 nitrogen and oxygen atoms in total. The minimum atomic E-state index is 0.497. The normalized spacial score (nSPS) is 30.2. The van der Waals surface area contributed by atoms with Gasteiger partial charge in [-0.05, 0) is 36.5 Å². The van der Waals surface area contributed by atoms with Gasteiger partial charge in [-0.2, -0.15) is 0 Å². The third kappa shape index (κ3) is 1.91. The molecular formula is C15H20N2O. The number of nitrogens with zero attached hydrogens (tertiary/aromatic N) is 1. The number of morpholine rings is 1. The first-order valence-electron chi connectivity index (χ1n) is 7.10. The number of hydrogen-bond acceptors (Lipinski definition) is 3. The number of rotatable bonds is 2. The lowest BCUT2D eigenvalue weighted by Gasteiger charge is -2.32. The van der Waals surface area contributed by atoms with Crippen LogP contribution in [0.3, 0.4) is 0 Å². The predicted molar refractivity (Wildman–Crippen MR) is 71.8 cm³/mol. The van der Waals surface area contributed by atoms with Gasteiger partial charge in [0.15, 0.2) is 0 Å². The van der Waals surface area contributed by atoms with Crippen molar-refractivity contribution in [2.24, 2.45) is 0 Å². The molecule has 96 valence electrons. The molecule has 0 amide bonds. The highest BCUT2D eigenvalue weighted by atomic mass is 16.5. The van der Waals surface area contributed by atoms with E-state index >= 15 is 0 Å². The van der Waals surface area contributed by atoms with E-state index in [0.29, 0.717) is 12.2 Å². The number of fused-ring (bicyclic) bond motifs is 3. The molecule has 3 aliphatic rings. The standard InChI is InChI=1S/C15H20N2O/c1-2-12-5-6-16-15(12)7-11(1)8-17-9-13-3-4-14(10-17)18-13/h1-2,7,13-14,16H,3-6,8-10H2. The molecule has 1 N–H and O–H groups in total. The molecule has 0 radical (unpaired) electrons. The Morgan fingerprint density at radius 3 is 2.89 bits per heavy atom. The summed E-state index contributed by atoms with van der Waals surface area (Å²) in [7, 11) is 0. The van der Waals surface area contributed by atoms with Crippen LogP contribution in [0.2, 0.25) is 0 Å². The number of anilines is 1. The average molecular weight is 244 g/mol. The molecule has 3 heterocycles. The fraction of sp³-hybridized carbons (Fsp3) is 0.600. The van der Waals surface area contributed by atoms with E-state index in [1.165, 1.54) is 36.1 Å². The van der Waals surface area contributed by atoms with Crippen LogP contribution in [-0.2, 0) is 17.7 Å². The van der Waals surface area contributed by atoms with E-state index in [1.807, 2.05) is 0 Å². The van der Waals surface area contributed by atoms with Crippen molar-refractivity contribution in [2.45, 2.75) is 38.0 Å². The van der Waals surface area contributed by atoms with Crippen molar-refractivity contribution in [2.75, 3.05) is 25.0 Å². The molecule has 2 bridgehead atoms. The Balaban J connectivity index is 1.48. The Morgan fingerprint density at radius 2 is 2.06 bits per heavy atom. The van der Waals surface area contributed by atoms with E-state index in [0.717, 1.165) is 26.2 Å². The van der Waals surface area contributed by atoms with Gasteiger partial charge in [0.05, 0.1) is 12.2 Å². The minimum absolute atomic E-state index is 0.497. The number of ether oxygens (including phenoxy) is 1. The van der Waals surface area contributed by atoms with Crippen LogP contribution in [-0.4, -0.2) is 36.7 Å². The van der Waals surface area contributed by atoms with Crippen LogP contribution in [0.25, 0.3) is 0 Å². The zero-order valence-corrected chi connectivity index (χ0v) is 10.7. The fourth-order valence-corrected chi connectivity index (χ4v) is 3.52. The smallest absolute Gasteiger partial charge is 0.0707 e. The van der Waals surface area contributed by atoms with Crippen molar-refractivity contribution in [3.05, 3.63) is 29.3 Å². The van der Waals surface area contributed by atoms with Crippen LogP contribution in [0.15, 0.2) is 18.2 Å². The Hall–Kier alpha value is -1.06. The zero-order valence-electron chi connectivity index (χ0n) is 10.7. The van der Waals surface area contributed by atoms with E-state index in [-0.39, 0.29) is 0 Å². The van der Waals surface area contributed by atoms with E-state index in [2.05, 4.69) is 28.4 Å². The summed E-state index contributed by atoms with van der Waals surface area (Å²) in [4.78, 5) is 2.56. The van der Waals surface area contributed by atoms with Crippen molar-refractivity contribution in [3.8, 4) is 0 Å². The van der Waals surface area contributed by atoms with Gasteiger partial charge >= 0.3 is 0 Å². The molecule has 2 atom stereocenters. The van der Waals surface area contributed by atoms with Gasteiger partial charge in [-0.3, -0.25) is 4.90 Å². The third-order valence-corrected chi connectivity index (χ3v) is 4.41. The van der Waals surface area contributed by atoms with Crippen LogP contribution < -0.4 is 5.32 Å². The average Bonchev–Trinajstić information content (AvgIpc) is 2.95. The molecular weight excluding hydrogens is 224 g/mol. The van der Waals surface area contributed by atoms with Crippen LogP contribution >= 0.6 is 0 Å². The third-order valence-electron chi connectivity index (χ3n) is 4.41. The van der Waals surface area contributed by atoms with Gasteiger partial charge in [-0.15, -0.1) is 0 Å². The van der Waals surface area contributed by atoms with Gasteiger partial charge in [-0.25, -0.2) is 0 Å². The Labute approximate surface area is 108 Å². The molecule has 3 heteroatoms. The first-order chi connectivity index (χ1) is 8.87. The highest BCUT2D eigenvalue weighted by molar-refractivity contribution is 5.57. The molecule has 4 rings (SSSR count). The number of nitrogens with one attached hydrogen (secondary N) is 1. The van der Waals surface area contributed by atoms with Crippen LogP contribution in [0, 0.1) is 0 Å². The molecule has 3 aliphatic heterocycles. The number of hydrogen-bond donors (Lipinski definition) is 1. The first-order valence-corrected chi connectivity index (χ1v) is 7.10. The molecule has 2 saturated heterocycles. The summed E-state index contributed by atoms with van der Waals surface area (Å²) in [6, 6.07) is 6.92. The topological polar surface area (TPSA) is 24.5 Å². The molecule has 1 aromatic rings. The maximum absolute atomic E-state index is 5.89. The summed E-state index contributed by atoms with van der Waals surface area (Å²) in [6.45, 7) is 4.40. The molecule has 2 unspecified atom stereocenters. The summed E-state index contributed by atoms with van der Waals surface area (Å²) in [5.41, 5.74) is 4.26. The Kier molecular flexibility index (Phi) is 2.55. The van der Waals surface area contributed by atoms with Crippen molar-refractivity contribution < 1.29 is 4.74 Å². The van der Waals surface area contributed by atoms with E-state index in [9.17, 15) is 0 Å². The van der Waals surface area contributed by atoms with Crippen LogP contribution in [0.5, 0.6) is 0 Å². The Bertz CT molecular complexity index is 448. The highest BCUT2D eigenvalue weighted by Crippen LogP contribution is 2.28. The monoisotopic (exact) mass is 244 g/mol. The molecule has 2 fully saturated rings. The summed E-state index contributed by atoms with van der Waals surface area (Å²) >= 11 is 0. The van der Waals surface area contributed by atoms with Crippen molar-refractivity contribution >= 4 is 5.69 Å². The van der Waals surface area contributed by atoms with Gasteiger partial charge in [0.25, 0.3) is 0 Å². The molecule has 0 aliphatic carbocycles. The lowest BCUT2D eigenvalue weighted by atomic mass is 10.1. The summed E-state index contributed by atoms with van der Waals surface area (Å²) in [5.74, 6) is 0. The van der Waals surface area contributed by atoms with E-state index < -0.39 is 0 Å². The summed E-state index contributed by atoms with van der Waals surface area (Å²) in [6.07, 6.45) is 4.68. The summed E-state index contributed by atoms with van der Waals surface area (Å²) < 4.78 is 5.89. The highest BCUT2D eigenvalue weighted by Gasteiger charge is 2.33. The lowest BCUT2D eigenvalue weighted by Crippen LogP contribution is -2.41. The van der Waals surface area contributed by atoms with Crippen LogP contribution in [0.4, 0.5) is 5.69 Å². The summed E-state index contributed by atoms with van der Waals surface area (Å²) in [5, 5.41) is 3.46. The van der Waals surface area contributed by atoms with E-state index in [1.54, 1.807) is 0 Å². The largest absolute Gasteiger partial charge is 0.384 e. The van der Waals surface area contributed by atoms with E-state index in [4.69, 9.17) is 4.74 Å². The Morgan fingerprint density at radius 1 is 1.22 bits per heavy atom. The van der Waals surface area contributed by atoms with Crippen LogP contribution in [0.1, 0.15) is 24.0 Å². The predicted octanol–water partition coefficient (Wildman–Crippen LogP) is 2.02. The number of likely N-dealkylation sites (tertiary alicyclic amines) is 1. The SMILES string of the molecule is c1cc2c(cc1CN1CC3CCC(C1)O3)NCC2. The quantitative estimate of drug-likeness (QED) is 0.861. The molecule has 0 aromatic heterocycles. The zero-order chi connectivity index (χ0) is 11.9. The second-order valence-corrected chi connectivity index (χ2v) is 5.82. The second-order valence-electron chi connectivity index (χ2n) is 5.82. The van der Waals surface area contributed by atoms with Crippen molar-refractivity contribution in [3.63, 3.8) is 0 Å². The first kappa shape index (κ1) is 10.8. The van der Waals surface area contributed by atoms with Crippen molar-refractivity contribution in [1.29, 1.82) is 0 Å². The lowest BCUT2D eigenvalue weighted by molar-refractivity contribution is -0.0410. The van der Waals surface area contributed by atoms with Crippen molar-refractivity contribution in [1.82, 2.24) is 4.90 Å². The molecule has 1 aromatic carbocycles. The number of benzene rings is 1. The maximum Gasteiger partial charge on any atom is 0.0707 e. The van der Waals surface area contributed by atoms with Gasteiger partial charge in [-0.1, -0.05) is 12.1 Å². The minimum Gasteiger partial charge on any atom is -0.384 e. The molecule has 18 heavy (non-hydrogen) atoms. The molecule has 0 spiro atoms.